The molecule has 0 saturated heterocycles. The summed E-state index contributed by atoms with van der Waals surface area (Å²) in [6.07, 6.45) is 0. The fourth-order valence-electron chi connectivity index (χ4n) is 1.17. The maximum Gasteiger partial charge on any atom is 0.143 e. The van der Waals surface area contributed by atoms with E-state index in [4.69, 9.17) is 0 Å². The van der Waals surface area contributed by atoms with Crippen LogP contribution in [-0.4, -0.2) is 14.9 Å². The fraction of sp³-hybridized carbons (Fsp3) is 0.125. The Kier molecular flexibility index (Phi) is 1.58. The van der Waals surface area contributed by atoms with E-state index < -0.39 is 0 Å². The van der Waals surface area contributed by atoms with Crippen LogP contribution in [0.3, 0.4) is 0 Å². The van der Waals surface area contributed by atoms with Crippen molar-refractivity contribution in [3.8, 4) is 5.75 Å². The number of phenols is 1. The van der Waals surface area contributed by atoms with E-state index in [2.05, 4.69) is 21.0 Å². The summed E-state index contributed by atoms with van der Waals surface area (Å²) in [5.74, 6) is 0.216. The van der Waals surface area contributed by atoms with Gasteiger partial charge in [0.15, 0.2) is 0 Å². The Labute approximate surface area is 77.7 Å². The molecule has 2 aromatic rings. The Balaban J connectivity index is 2.95. The molecule has 0 aliphatic carbocycles. The third kappa shape index (κ3) is 0.914. The Bertz CT molecular complexity index is 436. The molecule has 2 rings (SSSR count). The van der Waals surface area contributed by atoms with Crippen molar-refractivity contribution in [1.82, 2.24) is 9.78 Å². The van der Waals surface area contributed by atoms with Crippen molar-refractivity contribution < 1.29 is 5.11 Å². The summed E-state index contributed by atoms with van der Waals surface area (Å²) in [5, 5.41) is 14.5. The van der Waals surface area contributed by atoms with Gasteiger partial charge in [0.05, 0.1) is 0 Å². The molecule has 3 nitrogen and oxygen atoms in total. The quantitative estimate of drug-likeness (QED) is 0.747. The second kappa shape index (κ2) is 2.48. The predicted molar refractivity (Wildman–Crippen MR) is 50.1 cm³/mol. The average Bonchev–Trinajstić information content (AvgIpc) is 2.32. The van der Waals surface area contributed by atoms with E-state index in [1.165, 1.54) is 0 Å². The second-order valence-corrected chi connectivity index (χ2v) is 3.34. The molecule has 1 aromatic heterocycles. The number of hydrogen-bond acceptors (Lipinski definition) is 2. The number of aromatic nitrogens is 2. The van der Waals surface area contributed by atoms with Crippen LogP contribution in [0.25, 0.3) is 10.9 Å². The molecule has 0 spiro atoms. The van der Waals surface area contributed by atoms with Crippen LogP contribution in [-0.2, 0) is 7.05 Å². The molecule has 12 heavy (non-hydrogen) atoms. The smallest absolute Gasteiger partial charge is 0.143 e. The molecule has 4 heteroatoms. The minimum absolute atomic E-state index is 0.216. The molecule has 0 aliphatic rings. The molecule has 0 atom stereocenters. The first-order chi connectivity index (χ1) is 5.70. The normalized spacial score (nSPS) is 10.8. The Hall–Kier alpha value is -1.03. The van der Waals surface area contributed by atoms with Crippen LogP contribution in [0.15, 0.2) is 22.8 Å². The molecule has 0 unspecified atom stereocenters. The molecule has 1 heterocycles. The molecule has 0 amide bonds. The van der Waals surface area contributed by atoms with Gasteiger partial charge >= 0.3 is 0 Å². The van der Waals surface area contributed by atoms with Gasteiger partial charge in [-0.3, -0.25) is 4.68 Å². The van der Waals surface area contributed by atoms with Crippen LogP contribution in [0.4, 0.5) is 0 Å². The van der Waals surface area contributed by atoms with Crippen molar-refractivity contribution in [2.75, 3.05) is 0 Å². The van der Waals surface area contributed by atoms with Crippen LogP contribution in [0.2, 0.25) is 0 Å². The minimum Gasteiger partial charge on any atom is -0.506 e. The van der Waals surface area contributed by atoms with Crippen LogP contribution >= 0.6 is 15.9 Å². The largest absolute Gasteiger partial charge is 0.506 e. The predicted octanol–water partition coefficient (Wildman–Crippen LogP) is 2.04. The van der Waals surface area contributed by atoms with Gasteiger partial charge in [-0.25, -0.2) is 0 Å². The second-order valence-electron chi connectivity index (χ2n) is 2.59. The molecule has 1 N–H and O–H groups in total. The van der Waals surface area contributed by atoms with E-state index in [0.717, 1.165) is 9.99 Å². The van der Waals surface area contributed by atoms with Crippen LogP contribution in [0.1, 0.15) is 0 Å². The number of phenolic OH excluding ortho intramolecular Hbond substituents is 1. The van der Waals surface area contributed by atoms with E-state index in [1.54, 1.807) is 16.8 Å². The van der Waals surface area contributed by atoms with Gasteiger partial charge in [-0.2, -0.15) is 5.10 Å². The summed E-state index contributed by atoms with van der Waals surface area (Å²) < 4.78 is 2.57. The van der Waals surface area contributed by atoms with Gasteiger partial charge in [0, 0.05) is 12.4 Å². The Morgan fingerprint density at radius 1 is 1.50 bits per heavy atom. The third-order valence-electron chi connectivity index (χ3n) is 1.77. The summed E-state index contributed by atoms with van der Waals surface area (Å²) in [4.78, 5) is 0. The number of aryl methyl sites for hydroxylation is 1. The SMILES string of the molecule is Cn1nc2c(O)cccc2c1Br. The lowest BCUT2D eigenvalue weighted by Crippen LogP contribution is -1.88. The van der Waals surface area contributed by atoms with Crippen LogP contribution in [0, 0.1) is 0 Å². The summed E-state index contributed by atoms with van der Waals surface area (Å²) in [5.41, 5.74) is 0.631. The lowest BCUT2D eigenvalue weighted by molar-refractivity contribution is 0.479. The van der Waals surface area contributed by atoms with E-state index in [1.807, 2.05) is 13.1 Å². The maximum atomic E-state index is 9.41. The summed E-state index contributed by atoms with van der Waals surface area (Å²) >= 11 is 3.37. The Morgan fingerprint density at radius 2 is 2.25 bits per heavy atom. The van der Waals surface area contributed by atoms with Crippen LogP contribution in [0.5, 0.6) is 5.75 Å². The number of hydrogen-bond donors (Lipinski definition) is 1. The van der Waals surface area contributed by atoms with E-state index in [9.17, 15) is 5.11 Å². The molecular formula is C8H7BrN2O. The molecular weight excluding hydrogens is 220 g/mol. The number of nitrogens with zero attached hydrogens (tertiary/aromatic N) is 2. The third-order valence-corrected chi connectivity index (χ3v) is 2.71. The van der Waals surface area contributed by atoms with Gasteiger partial charge in [-0.15, -0.1) is 0 Å². The Morgan fingerprint density at radius 3 is 2.92 bits per heavy atom. The van der Waals surface area contributed by atoms with Gasteiger partial charge in [0.1, 0.15) is 15.9 Å². The minimum atomic E-state index is 0.216. The fourth-order valence-corrected chi connectivity index (χ4v) is 1.57. The maximum absolute atomic E-state index is 9.41. The van der Waals surface area contributed by atoms with Crippen molar-refractivity contribution in [2.24, 2.45) is 7.05 Å². The lowest BCUT2D eigenvalue weighted by atomic mass is 10.2. The summed E-state index contributed by atoms with van der Waals surface area (Å²) in [6.45, 7) is 0. The highest BCUT2D eigenvalue weighted by molar-refractivity contribution is 9.10. The molecule has 0 bridgehead atoms. The van der Waals surface area contributed by atoms with Gasteiger partial charge in [0.25, 0.3) is 0 Å². The number of aromatic hydroxyl groups is 1. The molecule has 0 aliphatic heterocycles. The van der Waals surface area contributed by atoms with Gasteiger partial charge in [-0.1, -0.05) is 6.07 Å². The zero-order valence-electron chi connectivity index (χ0n) is 6.45. The highest BCUT2D eigenvalue weighted by Crippen LogP contribution is 2.28. The number of halogens is 1. The zero-order chi connectivity index (χ0) is 8.72. The number of benzene rings is 1. The summed E-state index contributed by atoms with van der Waals surface area (Å²) in [6, 6.07) is 5.33. The topological polar surface area (TPSA) is 38.0 Å². The number of rotatable bonds is 0. The first kappa shape index (κ1) is 7.61. The van der Waals surface area contributed by atoms with E-state index >= 15 is 0 Å². The lowest BCUT2D eigenvalue weighted by Gasteiger charge is -1.90. The van der Waals surface area contributed by atoms with Crippen molar-refractivity contribution in [2.45, 2.75) is 0 Å². The molecule has 1 aromatic carbocycles. The van der Waals surface area contributed by atoms with Crippen LogP contribution < -0.4 is 0 Å². The van der Waals surface area contributed by atoms with E-state index in [0.29, 0.717) is 5.52 Å². The van der Waals surface area contributed by atoms with Gasteiger partial charge in [0.2, 0.25) is 0 Å². The van der Waals surface area contributed by atoms with Gasteiger partial charge in [-0.05, 0) is 28.1 Å². The van der Waals surface area contributed by atoms with Crippen molar-refractivity contribution in [3.63, 3.8) is 0 Å². The van der Waals surface area contributed by atoms with Crippen molar-refractivity contribution in [1.29, 1.82) is 0 Å². The molecule has 0 fully saturated rings. The van der Waals surface area contributed by atoms with Crippen molar-refractivity contribution >= 4 is 26.8 Å². The first-order valence-electron chi connectivity index (χ1n) is 3.50. The zero-order valence-corrected chi connectivity index (χ0v) is 8.04. The monoisotopic (exact) mass is 226 g/mol. The first-order valence-corrected chi connectivity index (χ1v) is 4.29. The van der Waals surface area contributed by atoms with Gasteiger partial charge < -0.3 is 5.11 Å². The van der Waals surface area contributed by atoms with Crippen molar-refractivity contribution in [3.05, 3.63) is 22.8 Å². The summed E-state index contributed by atoms with van der Waals surface area (Å²) in [7, 11) is 1.82. The average molecular weight is 227 g/mol. The molecule has 0 saturated carbocycles. The van der Waals surface area contributed by atoms with E-state index in [-0.39, 0.29) is 5.75 Å². The molecule has 62 valence electrons. The highest BCUT2D eigenvalue weighted by atomic mass is 79.9. The number of fused-ring (bicyclic) bond motifs is 1. The molecule has 0 radical (unpaired) electrons. The standard InChI is InChI=1S/C8H7BrN2O/c1-11-8(9)5-3-2-4-6(12)7(5)10-11/h2-4,12H,1H3. The highest BCUT2D eigenvalue weighted by Gasteiger charge is 2.07.